The summed E-state index contributed by atoms with van der Waals surface area (Å²) >= 11 is 12.4. The molecule has 11 heteroatoms. The molecule has 8 nitrogen and oxygen atoms in total. The number of hydrogen-bond acceptors (Lipinski definition) is 6. The Kier molecular flexibility index (Phi) is 5.35. The second-order valence-corrected chi connectivity index (χ2v) is 8.11. The van der Waals surface area contributed by atoms with Crippen LogP contribution < -0.4 is 5.32 Å². The van der Waals surface area contributed by atoms with Crippen LogP contribution in [0.15, 0.2) is 57.7 Å². The van der Waals surface area contributed by atoms with Crippen LogP contribution in [0.2, 0.25) is 10.0 Å². The van der Waals surface area contributed by atoms with E-state index in [0.717, 1.165) is 11.1 Å². The van der Waals surface area contributed by atoms with E-state index in [4.69, 9.17) is 32.1 Å². The number of amides is 1. The van der Waals surface area contributed by atoms with Gasteiger partial charge in [-0.05, 0) is 42.3 Å². The molecule has 0 saturated heterocycles. The lowest BCUT2D eigenvalue weighted by molar-refractivity contribution is 0.0985. The molecule has 0 fully saturated rings. The number of aromatic nitrogens is 4. The van der Waals surface area contributed by atoms with Crippen molar-refractivity contribution in [2.24, 2.45) is 0 Å². The van der Waals surface area contributed by atoms with Crippen molar-refractivity contribution in [3.8, 4) is 11.5 Å². The Hall–Kier alpha value is -3.69. The fraction of sp³-hybridized carbons (Fsp3) is 0.0909. The molecule has 33 heavy (non-hydrogen) atoms. The van der Waals surface area contributed by atoms with Crippen molar-refractivity contribution in [3.05, 3.63) is 81.5 Å². The quantitative estimate of drug-likeness (QED) is 0.341. The topological polar surface area (TPSA) is 99.0 Å². The highest BCUT2D eigenvalue weighted by molar-refractivity contribution is 6.35. The van der Waals surface area contributed by atoms with E-state index >= 15 is 0 Å². The minimum Gasteiger partial charge on any atom is -0.403 e. The minimum atomic E-state index is -0.608. The standard InChI is InChI=1S/C22H14Cl2FN5O3/c1-11-9-30(10-12-2-3-13(23)6-17(12)24)19-15(11)7-14(25)8-16(19)21-28-29-22(32-21)27-20(31)18-4-5-26-33-18/h2-9H,10H2,1H3,(H,27,29,31). The van der Waals surface area contributed by atoms with Gasteiger partial charge in [0, 0.05) is 34.2 Å². The molecule has 0 aliphatic heterocycles. The van der Waals surface area contributed by atoms with Crippen LogP contribution in [0.5, 0.6) is 0 Å². The third kappa shape index (κ3) is 4.08. The number of carbonyl (C=O) groups is 1. The van der Waals surface area contributed by atoms with Gasteiger partial charge in [0.15, 0.2) is 0 Å². The summed E-state index contributed by atoms with van der Waals surface area (Å²) < 4.78 is 26.8. The van der Waals surface area contributed by atoms with E-state index in [0.29, 0.717) is 33.1 Å². The van der Waals surface area contributed by atoms with Crippen LogP contribution >= 0.6 is 23.2 Å². The molecule has 0 unspecified atom stereocenters. The van der Waals surface area contributed by atoms with Crippen molar-refractivity contribution in [1.29, 1.82) is 0 Å². The van der Waals surface area contributed by atoms with Crippen LogP contribution in [-0.2, 0) is 6.54 Å². The van der Waals surface area contributed by atoms with E-state index in [1.807, 2.05) is 23.8 Å². The Labute approximate surface area is 195 Å². The van der Waals surface area contributed by atoms with E-state index in [9.17, 15) is 9.18 Å². The molecule has 0 saturated carbocycles. The lowest BCUT2D eigenvalue weighted by Gasteiger charge is -2.10. The maximum Gasteiger partial charge on any atom is 0.322 e. The molecule has 0 spiro atoms. The SMILES string of the molecule is Cc1cn(Cc2ccc(Cl)cc2Cl)c2c(-c3nnc(NC(=O)c4ccno4)o3)cc(F)cc12. The van der Waals surface area contributed by atoms with E-state index in [2.05, 4.69) is 20.7 Å². The summed E-state index contributed by atoms with van der Waals surface area (Å²) in [4.78, 5) is 12.1. The van der Waals surface area contributed by atoms with Crippen LogP contribution in [-0.4, -0.2) is 25.8 Å². The molecule has 166 valence electrons. The lowest BCUT2D eigenvalue weighted by atomic mass is 10.1. The maximum atomic E-state index is 14.5. The third-order valence-corrected chi connectivity index (χ3v) is 5.62. The Morgan fingerprint density at radius 3 is 2.79 bits per heavy atom. The molecule has 3 heterocycles. The number of fused-ring (bicyclic) bond motifs is 1. The fourth-order valence-electron chi connectivity index (χ4n) is 3.57. The highest BCUT2D eigenvalue weighted by atomic mass is 35.5. The highest BCUT2D eigenvalue weighted by Gasteiger charge is 2.20. The second-order valence-electron chi connectivity index (χ2n) is 7.27. The Morgan fingerprint density at radius 2 is 2.03 bits per heavy atom. The van der Waals surface area contributed by atoms with Crippen molar-refractivity contribution in [2.75, 3.05) is 5.32 Å². The van der Waals surface area contributed by atoms with Crippen molar-refractivity contribution in [1.82, 2.24) is 19.9 Å². The molecule has 5 aromatic rings. The second kappa shape index (κ2) is 8.34. The van der Waals surface area contributed by atoms with Gasteiger partial charge < -0.3 is 13.5 Å². The first-order chi connectivity index (χ1) is 15.9. The molecule has 3 aromatic heterocycles. The van der Waals surface area contributed by atoms with Crippen molar-refractivity contribution in [2.45, 2.75) is 13.5 Å². The Bertz CT molecular complexity index is 1490. The number of anilines is 1. The van der Waals surface area contributed by atoms with Crippen molar-refractivity contribution >= 4 is 46.0 Å². The molecule has 1 N–H and O–H groups in total. The van der Waals surface area contributed by atoms with Gasteiger partial charge in [0.1, 0.15) is 5.82 Å². The predicted molar refractivity (Wildman–Crippen MR) is 120 cm³/mol. The van der Waals surface area contributed by atoms with Gasteiger partial charge in [0.25, 0.3) is 11.8 Å². The van der Waals surface area contributed by atoms with E-state index in [1.54, 1.807) is 12.1 Å². The maximum absolute atomic E-state index is 14.5. The average molecular weight is 486 g/mol. The predicted octanol–water partition coefficient (Wildman–Crippen LogP) is 5.73. The Morgan fingerprint density at radius 1 is 1.18 bits per heavy atom. The molecule has 1 amide bonds. The molecular weight excluding hydrogens is 472 g/mol. The highest BCUT2D eigenvalue weighted by Crippen LogP contribution is 2.34. The van der Waals surface area contributed by atoms with Crippen LogP contribution in [0.4, 0.5) is 10.4 Å². The zero-order chi connectivity index (χ0) is 23.1. The van der Waals surface area contributed by atoms with Gasteiger partial charge in [0.2, 0.25) is 5.76 Å². The van der Waals surface area contributed by atoms with Crippen molar-refractivity contribution in [3.63, 3.8) is 0 Å². The Balaban J connectivity index is 1.56. The summed E-state index contributed by atoms with van der Waals surface area (Å²) in [5, 5.41) is 15.5. The summed E-state index contributed by atoms with van der Waals surface area (Å²) in [5.41, 5.74) is 2.74. The average Bonchev–Trinajstić information content (AvgIpc) is 3.51. The first kappa shape index (κ1) is 21.2. The lowest BCUT2D eigenvalue weighted by Crippen LogP contribution is -2.11. The van der Waals surface area contributed by atoms with Gasteiger partial charge in [-0.25, -0.2) is 4.39 Å². The number of carbonyl (C=O) groups excluding carboxylic acids is 1. The number of rotatable bonds is 5. The molecule has 0 aliphatic rings. The van der Waals surface area contributed by atoms with Crippen LogP contribution in [0.3, 0.4) is 0 Å². The minimum absolute atomic E-state index is 0.0211. The van der Waals surface area contributed by atoms with Crippen molar-refractivity contribution < 1.29 is 18.1 Å². The van der Waals surface area contributed by atoms with Gasteiger partial charge in [-0.2, -0.15) is 0 Å². The summed E-state index contributed by atoms with van der Waals surface area (Å²) in [5.74, 6) is -1.06. The van der Waals surface area contributed by atoms with Gasteiger partial charge >= 0.3 is 6.01 Å². The fourth-order valence-corrected chi connectivity index (χ4v) is 4.04. The molecule has 0 aliphatic carbocycles. The van der Waals surface area contributed by atoms with Crippen LogP contribution in [0.1, 0.15) is 21.7 Å². The molecular formula is C22H14Cl2FN5O3. The van der Waals surface area contributed by atoms with E-state index in [-0.39, 0.29) is 17.7 Å². The van der Waals surface area contributed by atoms with Crippen LogP contribution in [0.25, 0.3) is 22.4 Å². The molecule has 2 aromatic carbocycles. The van der Waals surface area contributed by atoms with E-state index < -0.39 is 11.7 Å². The number of nitrogens with one attached hydrogen (secondary N) is 1. The number of aryl methyl sites for hydroxylation is 1. The van der Waals surface area contributed by atoms with Crippen LogP contribution in [0, 0.1) is 12.7 Å². The number of hydrogen-bond donors (Lipinski definition) is 1. The normalized spacial score (nSPS) is 11.3. The smallest absolute Gasteiger partial charge is 0.322 e. The molecule has 0 atom stereocenters. The first-order valence-electron chi connectivity index (χ1n) is 9.68. The van der Waals surface area contributed by atoms with Gasteiger partial charge in [-0.3, -0.25) is 10.1 Å². The number of benzene rings is 2. The molecule has 5 rings (SSSR count). The van der Waals surface area contributed by atoms with Gasteiger partial charge in [0.05, 0.1) is 17.3 Å². The molecule has 0 radical (unpaired) electrons. The number of halogens is 3. The van der Waals surface area contributed by atoms with Gasteiger partial charge in [-0.1, -0.05) is 39.5 Å². The first-order valence-corrected chi connectivity index (χ1v) is 10.4. The summed E-state index contributed by atoms with van der Waals surface area (Å²) in [6.07, 6.45) is 3.22. The zero-order valence-electron chi connectivity index (χ0n) is 17.0. The monoisotopic (exact) mass is 485 g/mol. The molecule has 0 bridgehead atoms. The van der Waals surface area contributed by atoms with E-state index in [1.165, 1.54) is 24.4 Å². The van der Waals surface area contributed by atoms with Gasteiger partial charge in [-0.15, -0.1) is 5.10 Å². The third-order valence-electron chi connectivity index (χ3n) is 5.03. The summed E-state index contributed by atoms with van der Waals surface area (Å²) in [6.45, 7) is 2.28. The summed E-state index contributed by atoms with van der Waals surface area (Å²) in [6, 6.07) is 9.22. The zero-order valence-corrected chi connectivity index (χ0v) is 18.5. The summed E-state index contributed by atoms with van der Waals surface area (Å²) in [7, 11) is 0. The largest absolute Gasteiger partial charge is 0.403 e. The number of nitrogens with zero attached hydrogens (tertiary/aromatic N) is 4.